The molecule has 0 saturated heterocycles. The molecule has 0 aliphatic heterocycles. The van der Waals surface area contributed by atoms with E-state index in [2.05, 4.69) is 0 Å². The molecule has 0 amide bonds. The van der Waals surface area contributed by atoms with Crippen molar-refractivity contribution in [1.82, 2.24) is 4.73 Å². The maximum Gasteiger partial charge on any atom is 0.283 e. The zero-order valence-electron chi connectivity index (χ0n) is 9.52. The minimum Gasteiger partial charge on any atom is -0.425 e. The monoisotopic (exact) mass is 219 g/mol. The Labute approximate surface area is 94.7 Å². The zero-order chi connectivity index (χ0) is 11.3. The van der Waals surface area contributed by atoms with Crippen LogP contribution in [0.3, 0.4) is 0 Å². The Kier molecular flexibility index (Phi) is 2.09. The molecule has 3 heteroatoms. The van der Waals surface area contributed by atoms with Crippen LogP contribution in [0.2, 0.25) is 0 Å². The molecule has 1 aromatic rings. The quantitative estimate of drug-likeness (QED) is 0.736. The van der Waals surface area contributed by atoms with Gasteiger partial charge in [0.05, 0.1) is 5.69 Å². The number of nitrogens with zero attached hydrogens (tertiary/aromatic N) is 1. The number of hydrogen-bond acceptors (Lipinski definition) is 2. The molecule has 2 fully saturated rings. The number of hydrogen-bond donors (Lipinski definition) is 1. The van der Waals surface area contributed by atoms with Gasteiger partial charge in [-0.3, -0.25) is 4.79 Å². The predicted molar refractivity (Wildman–Crippen MR) is 60.8 cm³/mol. The second-order valence-corrected chi connectivity index (χ2v) is 5.39. The molecule has 1 N–H and O–H groups in total. The SMILES string of the molecule is Cc1cc([C@H]2C[C@H]3CC[C@@H]2C3)n(O)c(=O)c1. The number of aryl methyl sites for hydroxylation is 1. The molecule has 0 unspecified atom stereocenters. The van der Waals surface area contributed by atoms with Crippen LogP contribution in [0.5, 0.6) is 0 Å². The Morgan fingerprint density at radius 3 is 2.75 bits per heavy atom. The van der Waals surface area contributed by atoms with Gasteiger partial charge >= 0.3 is 0 Å². The summed E-state index contributed by atoms with van der Waals surface area (Å²) in [5.41, 5.74) is 1.49. The molecule has 1 heterocycles. The van der Waals surface area contributed by atoms with Crippen LogP contribution in [0.1, 0.15) is 42.9 Å². The number of aromatic nitrogens is 1. The second kappa shape index (κ2) is 3.37. The van der Waals surface area contributed by atoms with Crippen molar-refractivity contribution in [2.24, 2.45) is 11.8 Å². The standard InChI is InChI=1S/C13H17NO2/c1-8-4-12(14(16)13(15)5-8)11-7-9-2-3-10(11)6-9/h4-5,9-11,16H,2-3,6-7H2,1H3/t9-,10+,11-/m0/s1. The fourth-order valence-corrected chi connectivity index (χ4v) is 3.59. The van der Waals surface area contributed by atoms with E-state index in [0.717, 1.165) is 28.3 Å². The van der Waals surface area contributed by atoms with Crippen LogP contribution in [-0.4, -0.2) is 9.94 Å². The van der Waals surface area contributed by atoms with E-state index in [0.29, 0.717) is 11.8 Å². The van der Waals surface area contributed by atoms with Crippen LogP contribution in [0.25, 0.3) is 0 Å². The third kappa shape index (κ3) is 1.38. The van der Waals surface area contributed by atoms with Gasteiger partial charge in [0, 0.05) is 12.0 Å². The van der Waals surface area contributed by atoms with E-state index in [1.807, 2.05) is 13.0 Å². The van der Waals surface area contributed by atoms with E-state index >= 15 is 0 Å². The molecule has 1 aromatic heterocycles. The third-order valence-corrected chi connectivity index (χ3v) is 4.30. The second-order valence-electron chi connectivity index (χ2n) is 5.39. The first-order valence-corrected chi connectivity index (χ1v) is 6.08. The number of pyridine rings is 1. The highest BCUT2D eigenvalue weighted by molar-refractivity contribution is 5.21. The van der Waals surface area contributed by atoms with Crippen LogP contribution < -0.4 is 5.56 Å². The Balaban J connectivity index is 2.04. The van der Waals surface area contributed by atoms with Crippen LogP contribution in [0, 0.1) is 18.8 Å². The molecule has 3 nitrogen and oxygen atoms in total. The van der Waals surface area contributed by atoms with Gasteiger partial charge in [0.25, 0.3) is 5.56 Å². The highest BCUT2D eigenvalue weighted by Crippen LogP contribution is 2.52. The first kappa shape index (κ1) is 9.94. The summed E-state index contributed by atoms with van der Waals surface area (Å²) in [6.45, 7) is 1.91. The van der Waals surface area contributed by atoms with Crippen molar-refractivity contribution < 1.29 is 5.21 Å². The lowest BCUT2D eigenvalue weighted by atomic mass is 9.86. The van der Waals surface area contributed by atoms with Gasteiger partial charge in [0.1, 0.15) is 0 Å². The van der Waals surface area contributed by atoms with E-state index in [1.165, 1.54) is 25.3 Å². The van der Waals surface area contributed by atoms with Gasteiger partial charge in [-0.1, -0.05) is 6.42 Å². The molecule has 2 aliphatic carbocycles. The fourth-order valence-electron chi connectivity index (χ4n) is 3.59. The number of fused-ring (bicyclic) bond motifs is 2. The minimum atomic E-state index is -0.294. The summed E-state index contributed by atoms with van der Waals surface area (Å²) in [5, 5.41) is 9.81. The summed E-state index contributed by atoms with van der Waals surface area (Å²) in [4.78, 5) is 11.5. The molecule has 0 radical (unpaired) electrons. The topological polar surface area (TPSA) is 42.2 Å². The highest BCUT2D eigenvalue weighted by atomic mass is 16.5. The van der Waals surface area contributed by atoms with Gasteiger partial charge in [-0.25, -0.2) is 0 Å². The summed E-state index contributed by atoms with van der Waals surface area (Å²) in [6, 6.07) is 3.45. The van der Waals surface area contributed by atoms with Crippen molar-refractivity contribution in [3.63, 3.8) is 0 Å². The molecular weight excluding hydrogens is 202 g/mol. The van der Waals surface area contributed by atoms with Gasteiger partial charge in [-0.15, -0.1) is 0 Å². The van der Waals surface area contributed by atoms with Crippen LogP contribution in [-0.2, 0) is 0 Å². The Bertz CT molecular complexity index is 477. The van der Waals surface area contributed by atoms with E-state index < -0.39 is 0 Å². The third-order valence-electron chi connectivity index (χ3n) is 4.30. The summed E-state index contributed by atoms with van der Waals surface area (Å²) in [7, 11) is 0. The van der Waals surface area contributed by atoms with Gasteiger partial charge < -0.3 is 5.21 Å². The molecule has 86 valence electrons. The highest BCUT2D eigenvalue weighted by Gasteiger charge is 2.41. The van der Waals surface area contributed by atoms with E-state index in [-0.39, 0.29) is 5.56 Å². The maximum absolute atomic E-state index is 11.5. The Morgan fingerprint density at radius 2 is 2.12 bits per heavy atom. The van der Waals surface area contributed by atoms with Gasteiger partial charge in [-0.05, 0) is 49.7 Å². The fraction of sp³-hybridized carbons (Fsp3) is 0.615. The minimum absolute atomic E-state index is 0.294. The molecule has 2 aliphatic rings. The van der Waals surface area contributed by atoms with Crippen molar-refractivity contribution in [3.05, 3.63) is 33.7 Å². The molecular formula is C13H17NO2. The molecule has 3 rings (SSSR count). The molecule has 2 bridgehead atoms. The average Bonchev–Trinajstić information content (AvgIpc) is 2.84. The van der Waals surface area contributed by atoms with Gasteiger partial charge in [0.2, 0.25) is 0 Å². The van der Waals surface area contributed by atoms with Crippen molar-refractivity contribution in [2.75, 3.05) is 0 Å². The lowest BCUT2D eigenvalue weighted by Crippen LogP contribution is -2.24. The largest absolute Gasteiger partial charge is 0.425 e. The maximum atomic E-state index is 11.5. The summed E-state index contributed by atoms with van der Waals surface area (Å²) >= 11 is 0. The van der Waals surface area contributed by atoms with E-state index in [4.69, 9.17) is 0 Å². The van der Waals surface area contributed by atoms with Gasteiger partial charge in [0.15, 0.2) is 0 Å². The van der Waals surface area contributed by atoms with Crippen molar-refractivity contribution in [2.45, 2.75) is 38.5 Å². The summed E-state index contributed by atoms with van der Waals surface area (Å²) < 4.78 is 0.859. The summed E-state index contributed by atoms with van der Waals surface area (Å²) in [5.74, 6) is 1.91. The summed E-state index contributed by atoms with van der Waals surface area (Å²) in [6.07, 6.45) is 5.03. The molecule has 3 atom stereocenters. The van der Waals surface area contributed by atoms with E-state index in [1.54, 1.807) is 0 Å². The number of rotatable bonds is 1. The molecule has 16 heavy (non-hydrogen) atoms. The lowest BCUT2D eigenvalue weighted by molar-refractivity contribution is 0.155. The van der Waals surface area contributed by atoms with E-state index in [9.17, 15) is 10.0 Å². The average molecular weight is 219 g/mol. The Morgan fingerprint density at radius 1 is 1.31 bits per heavy atom. The smallest absolute Gasteiger partial charge is 0.283 e. The van der Waals surface area contributed by atoms with Crippen LogP contribution in [0.15, 0.2) is 16.9 Å². The molecule has 0 aromatic carbocycles. The first-order chi connectivity index (χ1) is 7.65. The molecule has 2 saturated carbocycles. The molecule has 0 spiro atoms. The van der Waals surface area contributed by atoms with Crippen molar-refractivity contribution in [1.29, 1.82) is 0 Å². The van der Waals surface area contributed by atoms with Crippen molar-refractivity contribution in [3.8, 4) is 0 Å². The van der Waals surface area contributed by atoms with Crippen LogP contribution >= 0.6 is 0 Å². The zero-order valence-corrected chi connectivity index (χ0v) is 9.52. The lowest BCUT2D eigenvalue weighted by Gasteiger charge is -2.23. The van der Waals surface area contributed by atoms with Crippen LogP contribution in [0.4, 0.5) is 0 Å². The van der Waals surface area contributed by atoms with Gasteiger partial charge in [-0.2, -0.15) is 4.73 Å². The normalized spacial score (nSPS) is 32.2. The predicted octanol–water partition coefficient (Wildman–Crippen LogP) is 2.30. The van der Waals surface area contributed by atoms with Crippen molar-refractivity contribution >= 4 is 0 Å². The Hall–Kier alpha value is -1.25. The first-order valence-electron chi connectivity index (χ1n) is 6.08.